The quantitative estimate of drug-likeness (QED) is 0.772. The third-order valence-corrected chi connectivity index (χ3v) is 3.82. The molecule has 0 radical (unpaired) electrons. The number of carboxylic acids is 1. The molecule has 1 N–H and O–H groups in total. The van der Waals surface area contributed by atoms with E-state index >= 15 is 0 Å². The zero-order chi connectivity index (χ0) is 16.6. The summed E-state index contributed by atoms with van der Waals surface area (Å²) in [7, 11) is 1.45. The van der Waals surface area contributed by atoms with Crippen molar-refractivity contribution in [2.45, 2.75) is 0 Å². The molecule has 116 valence electrons. The number of aromatic carboxylic acids is 1. The van der Waals surface area contributed by atoms with E-state index in [1.54, 1.807) is 12.1 Å². The lowest BCUT2D eigenvalue weighted by atomic mass is 10.0. The summed E-state index contributed by atoms with van der Waals surface area (Å²) in [5.74, 6) is -1.20. The molecular weight excluding hydrogens is 321 g/mol. The number of ether oxygens (including phenoxy) is 1. The van der Waals surface area contributed by atoms with Crippen LogP contribution < -0.4 is 4.74 Å². The molecule has 0 fully saturated rings. The predicted octanol–water partition coefficient (Wildman–Crippen LogP) is 4.40. The summed E-state index contributed by atoms with van der Waals surface area (Å²) in [5, 5.41) is 10.6. The van der Waals surface area contributed by atoms with E-state index in [-0.39, 0.29) is 11.1 Å². The molecular formula is C17H11ClFNO3. The van der Waals surface area contributed by atoms with Crippen molar-refractivity contribution >= 4 is 28.3 Å². The van der Waals surface area contributed by atoms with Crippen LogP contribution in [0.3, 0.4) is 0 Å². The molecule has 0 amide bonds. The Morgan fingerprint density at radius 3 is 2.65 bits per heavy atom. The molecule has 2 aromatic carbocycles. The normalized spacial score (nSPS) is 10.7. The van der Waals surface area contributed by atoms with Crippen LogP contribution in [0.5, 0.6) is 5.75 Å². The van der Waals surface area contributed by atoms with Gasteiger partial charge in [-0.15, -0.1) is 0 Å². The van der Waals surface area contributed by atoms with Crippen LogP contribution in [0.4, 0.5) is 4.39 Å². The van der Waals surface area contributed by atoms with Gasteiger partial charge in [0.05, 0.1) is 23.4 Å². The summed E-state index contributed by atoms with van der Waals surface area (Å²) in [5.41, 5.74) is 0.652. The van der Waals surface area contributed by atoms with E-state index in [1.807, 2.05) is 0 Å². The Morgan fingerprint density at radius 2 is 2.00 bits per heavy atom. The first-order chi connectivity index (χ1) is 11.0. The van der Waals surface area contributed by atoms with Crippen molar-refractivity contribution in [2.75, 3.05) is 7.11 Å². The van der Waals surface area contributed by atoms with Crippen LogP contribution in [0.1, 0.15) is 10.4 Å². The van der Waals surface area contributed by atoms with Gasteiger partial charge in [0.1, 0.15) is 11.6 Å². The lowest BCUT2D eigenvalue weighted by Gasteiger charge is -2.10. The summed E-state index contributed by atoms with van der Waals surface area (Å²) in [6.45, 7) is 0. The number of nitrogens with zero attached hydrogens (tertiary/aromatic N) is 1. The first-order valence-corrected chi connectivity index (χ1v) is 7.04. The number of hydrogen-bond donors (Lipinski definition) is 1. The Labute approximate surface area is 136 Å². The maximum atomic E-state index is 14.3. The Balaban J connectivity index is 2.30. The second-order valence-corrected chi connectivity index (χ2v) is 5.27. The monoisotopic (exact) mass is 331 g/mol. The lowest BCUT2D eigenvalue weighted by Crippen LogP contribution is -1.97. The molecule has 3 aromatic rings. The average Bonchev–Trinajstić information content (AvgIpc) is 2.55. The Bertz CT molecular complexity index is 927. The van der Waals surface area contributed by atoms with Gasteiger partial charge in [0.25, 0.3) is 0 Å². The molecule has 0 aliphatic carbocycles. The number of carboxylic acid groups (broad SMARTS) is 1. The molecule has 0 aliphatic rings. The SMILES string of the molecule is COc1ccc(-c2ncc(Cl)c3ccc(C(=O)O)cc23)c(F)c1. The van der Waals surface area contributed by atoms with E-state index in [2.05, 4.69) is 4.98 Å². The Morgan fingerprint density at radius 1 is 1.22 bits per heavy atom. The predicted molar refractivity (Wildman–Crippen MR) is 85.7 cm³/mol. The zero-order valence-electron chi connectivity index (χ0n) is 12.0. The van der Waals surface area contributed by atoms with Crippen molar-refractivity contribution in [1.29, 1.82) is 0 Å². The van der Waals surface area contributed by atoms with E-state index in [0.717, 1.165) is 0 Å². The van der Waals surface area contributed by atoms with Crippen molar-refractivity contribution in [3.63, 3.8) is 0 Å². The van der Waals surface area contributed by atoms with Crippen LogP contribution in [0.2, 0.25) is 5.02 Å². The molecule has 0 saturated carbocycles. The maximum Gasteiger partial charge on any atom is 0.335 e. The molecule has 3 rings (SSSR count). The van der Waals surface area contributed by atoms with E-state index < -0.39 is 11.8 Å². The standard InChI is InChI=1S/C17H11ClFNO3/c1-23-10-3-5-12(15(19)7-10)16-13-6-9(17(21)22)2-4-11(13)14(18)8-20-16/h2-8H,1H3,(H,21,22). The molecule has 23 heavy (non-hydrogen) atoms. The van der Waals surface area contributed by atoms with Gasteiger partial charge in [0.2, 0.25) is 0 Å². The number of aromatic nitrogens is 1. The van der Waals surface area contributed by atoms with Gasteiger partial charge in [-0.1, -0.05) is 17.7 Å². The van der Waals surface area contributed by atoms with Gasteiger partial charge in [-0.3, -0.25) is 4.98 Å². The highest BCUT2D eigenvalue weighted by molar-refractivity contribution is 6.35. The minimum Gasteiger partial charge on any atom is -0.497 e. The number of pyridine rings is 1. The molecule has 6 heteroatoms. The van der Waals surface area contributed by atoms with E-state index in [0.29, 0.717) is 27.2 Å². The van der Waals surface area contributed by atoms with Gasteiger partial charge in [0.15, 0.2) is 0 Å². The molecule has 0 atom stereocenters. The molecule has 1 heterocycles. The molecule has 0 bridgehead atoms. The van der Waals surface area contributed by atoms with Crippen molar-refractivity contribution in [1.82, 2.24) is 4.98 Å². The minimum atomic E-state index is -1.08. The number of methoxy groups -OCH3 is 1. The molecule has 0 unspecified atom stereocenters. The van der Waals surface area contributed by atoms with Gasteiger partial charge in [-0.25, -0.2) is 9.18 Å². The van der Waals surface area contributed by atoms with Gasteiger partial charge in [0, 0.05) is 28.6 Å². The summed E-state index contributed by atoms with van der Waals surface area (Å²) in [4.78, 5) is 15.4. The van der Waals surface area contributed by atoms with E-state index in [1.165, 1.54) is 37.6 Å². The Kier molecular flexibility index (Phi) is 3.88. The highest BCUT2D eigenvalue weighted by Gasteiger charge is 2.15. The average molecular weight is 332 g/mol. The third-order valence-electron chi connectivity index (χ3n) is 3.52. The number of halogens is 2. The van der Waals surface area contributed by atoms with Gasteiger partial charge < -0.3 is 9.84 Å². The summed E-state index contributed by atoms with van der Waals surface area (Å²) in [6.07, 6.45) is 1.42. The number of carbonyl (C=O) groups is 1. The number of hydrogen-bond acceptors (Lipinski definition) is 3. The van der Waals surface area contributed by atoms with Crippen LogP contribution in [0.15, 0.2) is 42.6 Å². The van der Waals surface area contributed by atoms with Crippen LogP contribution >= 0.6 is 11.6 Å². The largest absolute Gasteiger partial charge is 0.497 e. The minimum absolute atomic E-state index is 0.0803. The zero-order valence-corrected chi connectivity index (χ0v) is 12.8. The summed E-state index contributed by atoms with van der Waals surface area (Å²) < 4.78 is 19.3. The molecule has 0 aliphatic heterocycles. The second-order valence-electron chi connectivity index (χ2n) is 4.87. The Hall–Kier alpha value is -2.66. The van der Waals surface area contributed by atoms with E-state index in [9.17, 15) is 9.18 Å². The third kappa shape index (κ3) is 2.71. The summed E-state index contributed by atoms with van der Waals surface area (Å²) in [6, 6.07) is 8.88. The van der Waals surface area contributed by atoms with Gasteiger partial charge in [-0.2, -0.15) is 0 Å². The van der Waals surface area contributed by atoms with Crippen LogP contribution in [0.25, 0.3) is 22.0 Å². The summed E-state index contributed by atoms with van der Waals surface area (Å²) >= 11 is 6.11. The highest BCUT2D eigenvalue weighted by atomic mass is 35.5. The van der Waals surface area contributed by atoms with Crippen LogP contribution in [-0.2, 0) is 0 Å². The highest BCUT2D eigenvalue weighted by Crippen LogP contribution is 2.34. The smallest absolute Gasteiger partial charge is 0.335 e. The molecule has 0 saturated heterocycles. The maximum absolute atomic E-state index is 14.3. The van der Waals surface area contributed by atoms with E-state index in [4.69, 9.17) is 21.4 Å². The molecule has 4 nitrogen and oxygen atoms in total. The van der Waals surface area contributed by atoms with Crippen molar-refractivity contribution < 1.29 is 19.0 Å². The van der Waals surface area contributed by atoms with Crippen molar-refractivity contribution in [3.8, 4) is 17.0 Å². The fraction of sp³-hybridized carbons (Fsp3) is 0.0588. The number of rotatable bonds is 3. The molecule has 1 aromatic heterocycles. The lowest BCUT2D eigenvalue weighted by molar-refractivity contribution is 0.0697. The van der Waals surface area contributed by atoms with Gasteiger partial charge >= 0.3 is 5.97 Å². The molecule has 0 spiro atoms. The van der Waals surface area contributed by atoms with Crippen LogP contribution in [0, 0.1) is 5.82 Å². The van der Waals surface area contributed by atoms with Crippen molar-refractivity contribution in [2.24, 2.45) is 0 Å². The number of fused-ring (bicyclic) bond motifs is 1. The first kappa shape index (κ1) is 15.2. The fourth-order valence-corrected chi connectivity index (χ4v) is 2.58. The number of benzene rings is 2. The fourth-order valence-electron chi connectivity index (χ4n) is 2.37. The van der Waals surface area contributed by atoms with Crippen molar-refractivity contribution in [3.05, 3.63) is 59.0 Å². The first-order valence-electron chi connectivity index (χ1n) is 6.66. The second kappa shape index (κ2) is 5.85. The van der Waals surface area contributed by atoms with Gasteiger partial charge in [-0.05, 0) is 24.3 Å². The topological polar surface area (TPSA) is 59.4 Å². The van der Waals surface area contributed by atoms with Crippen LogP contribution in [-0.4, -0.2) is 23.2 Å².